The second kappa shape index (κ2) is 10.1. The fraction of sp³-hybridized carbons (Fsp3) is 0.412. The van der Waals surface area contributed by atoms with Gasteiger partial charge in [0.05, 0.1) is 0 Å². The number of hydrogen-bond acceptors (Lipinski definition) is 5. The number of nitriles is 1. The Morgan fingerprint density at radius 2 is 2.04 bits per heavy atom. The Balaban J connectivity index is 1.73. The van der Waals surface area contributed by atoms with Gasteiger partial charge in [0.1, 0.15) is 11.6 Å². The van der Waals surface area contributed by atoms with Crippen LogP contribution in [0.3, 0.4) is 0 Å². The van der Waals surface area contributed by atoms with E-state index in [1.165, 1.54) is 6.20 Å². The lowest BCUT2D eigenvalue weighted by molar-refractivity contribution is -0.117. The van der Waals surface area contributed by atoms with Crippen LogP contribution in [-0.2, 0) is 11.3 Å². The molecular weight excluding hydrogens is 370 g/mol. The monoisotopic (exact) mass is 391 g/mol. The van der Waals surface area contributed by atoms with Crippen molar-refractivity contribution in [2.24, 2.45) is 0 Å². The molecule has 0 aliphatic carbocycles. The minimum Gasteiger partial charge on any atom is -0.386 e. The Labute approximate surface area is 151 Å². The average Bonchev–Trinajstić information content (AvgIpc) is 2.61. The summed E-state index contributed by atoms with van der Waals surface area (Å²) in [5.41, 5.74) is 1.17. The third-order valence-electron chi connectivity index (χ3n) is 3.75. The van der Waals surface area contributed by atoms with Gasteiger partial charge >= 0.3 is 0 Å². The van der Waals surface area contributed by atoms with Gasteiger partial charge in [-0.05, 0) is 17.7 Å². The van der Waals surface area contributed by atoms with Crippen LogP contribution in [-0.4, -0.2) is 50.1 Å². The van der Waals surface area contributed by atoms with Crippen molar-refractivity contribution in [1.82, 2.24) is 20.9 Å². The quantitative estimate of drug-likeness (QED) is 0.476. The number of rotatable bonds is 7. The summed E-state index contributed by atoms with van der Waals surface area (Å²) in [5, 5.41) is 18.2. The molecule has 24 heavy (non-hydrogen) atoms. The molecule has 1 saturated heterocycles. The number of carbonyl (C=O) groups is 1. The maximum absolute atomic E-state index is 12.0. The Morgan fingerprint density at radius 1 is 1.33 bits per heavy atom. The van der Waals surface area contributed by atoms with E-state index in [0.717, 1.165) is 42.8 Å². The Bertz CT molecular complexity index is 602. The number of nitrogens with zero attached hydrogens (tertiary/aromatic N) is 2. The summed E-state index contributed by atoms with van der Waals surface area (Å²) in [7, 11) is 0. The third kappa shape index (κ3) is 6.32. The molecule has 0 atom stereocenters. The summed E-state index contributed by atoms with van der Waals surface area (Å²) in [5.74, 6) is -0.337. The number of piperazine rings is 1. The molecule has 0 saturated carbocycles. The van der Waals surface area contributed by atoms with Crippen molar-refractivity contribution in [3.05, 3.63) is 46.1 Å². The lowest BCUT2D eigenvalue weighted by Crippen LogP contribution is -2.46. The first-order valence-electron chi connectivity index (χ1n) is 7.98. The summed E-state index contributed by atoms with van der Waals surface area (Å²) in [6.07, 6.45) is 1.47. The fourth-order valence-corrected chi connectivity index (χ4v) is 2.64. The van der Waals surface area contributed by atoms with Crippen LogP contribution in [0.4, 0.5) is 0 Å². The summed E-state index contributed by atoms with van der Waals surface area (Å²) in [6, 6.07) is 9.80. The number of hydrogen-bond donors (Lipinski definition) is 3. The molecule has 0 spiro atoms. The van der Waals surface area contributed by atoms with Gasteiger partial charge in [0.2, 0.25) is 0 Å². The van der Waals surface area contributed by atoms with Crippen LogP contribution in [0.25, 0.3) is 0 Å². The number of halogens is 1. The molecule has 0 bridgehead atoms. The molecular formula is C17H22BrN5O. The van der Waals surface area contributed by atoms with Crippen molar-refractivity contribution < 1.29 is 4.79 Å². The first-order valence-corrected chi connectivity index (χ1v) is 8.77. The number of benzene rings is 1. The predicted octanol–water partition coefficient (Wildman–Crippen LogP) is 0.968. The molecule has 1 aromatic rings. The summed E-state index contributed by atoms with van der Waals surface area (Å²) in [6.45, 7) is 5.86. The predicted molar refractivity (Wildman–Crippen MR) is 97.0 cm³/mol. The maximum atomic E-state index is 12.0. The van der Waals surface area contributed by atoms with Crippen molar-refractivity contribution in [2.75, 3.05) is 39.3 Å². The van der Waals surface area contributed by atoms with Crippen molar-refractivity contribution in [2.45, 2.75) is 6.54 Å². The first-order chi connectivity index (χ1) is 11.7. The molecule has 1 amide bonds. The van der Waals surface area contributed by atoms with Gasteiger partial charge in [-0.1, -0.05) is 28.1 Å². The highest BCUT2D eigenvalue weighted by Gasteiger charge is 2.11. The smallest absolute Gasteiger partial charge is 0.263 e. The van der Waals surface area contributed by atoms with Crippen LogP contribution < -0.4 is 16.0 Å². The second-order valence-electron chi connectivity index (χ2n) is 5.52. The van der Waals surface area contributed by atoms with Gasteiger partial charge in [0, 0.05) is 56.5 Å². The number of nitrogens with one attached hydrogen (secondary N) is 3. The minimum absolute atomic E-state index is 0.0902. The van der Waals surface area contributed by atoms with E-state index in [1.807, 2.05) is 30.3 Å². The number of amides is 1. The van der Waals surface area contributed by atoms with E-state index in [9.17, 15) is 4.79 Å². The molecule has 2 rings (SSSR count). The van der Waals surface area contributed by atoms with Crippen LogP contribution in [0, 0.1) is 11.3 Å². The normalized spacial score (nSPS) is 15.6. The average molecular weight is 392 g/mol. The van der Waals surface area contributed by atoms with E-state index < -0.39 is 0 Å². The molecule has 3 N–H and O–H groups in total. The summed E-state index contributed by atoms with van der Waals surface area (Å²) in [4.78, 5) is 14.3. The Morgan fingerprint density at radius 3 is 2.71 bits per heavy atom. The molecule has 1 aromatic carbocycles. The van der Waals surface area contributed by atoms with Gasteiger partial charge in [0.25, 0.3) is 5.91 Å². The van der Waals surface area contributed by atoms with Gasteiger partial charge in [-0.2, -0.15) is 5.26 Å². The standard InChI is InChI=1S/C17H22BrN5O/c18-16-3-1-14(2-4-16)12-21-13-15(11-19)17(24)22-7-10-23-8-5-20-6-9-23/h1-4,13,20-21H,5-10,12H2,(H,22,24)/b15-13-. The molecule has 6 nitrogen and oxygen atoms in total. The lowest BCUT2D eigenvalue weighted by atomic mass is 10.2. The van der Waals surface area contributed by atoms with Crippen LogP contribution in [0.2, 0.25) is 0 Å². The van der Waals surface area contributed by atoms with Gasteiger partial charge in [-0.3, -0.25) is 9.69 Å². The highest BCUT2D eigenvalue weighted by atomic mass is 79.9. The largest absolute Gasteiger partial charge is 0.386 e. The van der Waals surface area contributed by atoms with Crippen LogP contribution in [0.1, 0.15) is 5.56 Å². The van der Waals surface area contributed by atoms with E-state index in [1.54, 1.807) is 0 Å². The van der Waals surface area contributed by atoms with Crippen LogP contribution in [0.15, 0.2) is 40.5 Å². The molecule has 1 aliphatic rings. The fourth-order valence-electron chi connectivity index (χ4n) is 2.38. The molecule has 7 heteroatoms. The molecule has 0 aromatic heterocycles. The van der Waals surface area contributed by atoms with Crippen molar-refractivity contribution in [3.63, 3.8) is 0 Å². The molecule has 0 radical (unpaired) electrons. The van der Waals surface area contributed by atoms with E-state index >= 15 is 0 Å². The highest BCUT2D eigenvalue weighted by molar-refractivity contribution is 9.10. The summed E-state index contributed by atoms with van der Waals surface area (Å²) >= 11 is 3.38. The van der Waals surface area contributed by atoms with Crippen LogP contribution in [0.5, 0.6) is 0 Å². The molecule has 0 unspecified atom stereocenters. The van der Waals surface area contributed by atoms with Gasteiger partial charge in [-0.25, -0.2) is 0 Å². The van der Waals surface area contributed by atoms with E-state index in [0.29, 0.717) is 13.1 Å². The zero-order valence-corrected chi connectivity index (χ0v) is 15.1. The van der Waals surface area contributed by atoms with Gasteiger partial charge < -0.3 is 16.0 Å². The highest BCUT2D eigenvalue weighted by Crippen LogP contribution is 2.10. The summed E-state index contributed by atoms with van der Waals surface area (Å²) < 4.78 is 1.02. The van der Waals surface area contributed by atoms with Crippen molar-refractivity contribution >= 4 is 21.8 Å². The third-order valence-corrected chi connectivity index (χ3v) is 4.28. The Kier molecular flexibility index (Phi) is 7.75. The van der Waals surface area contributed by atoms with E-state index in [2.05, 4.69) is 36.8 Å². The van der Waals surface area contributed by atoms with Crippen LogP contribution >= 0.6 is 15.9 Å². The molecule has 1 fully saturated rings. The topological polar surface area (TPSA) is 80.2 Å². The lowest BCUT2D eigenvalue weighted by Gasteiger charge is -2.27. The van der Waals surface area contributed by atoms with Gasteiger partial charge in [-0.15, -0.1) is 0 Å². The van der Waals surface area contributed by atoms with Crippen molar-refractivity contribution in [1.29, 1.82) is 5.26 Å². The molecule has 1 aliphatic heterocycles. The molecule has 1 heterocycles. The molecule has 128 valence electrons. The van der Waals surface area contributed by atoms with Gasteiger partial charge in [0.15, 0.2) is 0 Å². The Hall–Kier alpha value is -1.88. The minimum atomic E-state index is -0.337. The SMILES string of the molecule is N#C/C(=C/NCc1ccc(Br)cc1)C(=O)NCCN1CCNCC1. The zero-order chi connectivity index (χ0) is 17.2. The van der Waals surface area contributed by atoms with E-state index in [-0.39, 0.29) is 11.5 Å². The number of carbonyl (C=O) groups excluding carboxylic acids is 1. The second-order valence-corrected chi connectivity index (χ2v) is 6.44. The first kappa shape index (κ1) is 18.5. The maximum Gasteiger partial charge on any atom is 0.263 e. The van der Waals surface area contributed by atoms with E-state index in [4.69, 9.17) is 5.26 Å². The van der Waals surface area contributed by atoms with Crippen molar-refractivity contribution in [3.8, 4) is 6.07 Å². The zero-order valence-electron chi connectivity index (χ0n) is 13.5.